The Morgan fingerprint density at radius 2 is 1.96 bits per heavy atom. The molecule has 0 amide bonds. The lowest BCUT2D eigenvalue weighted by Crippen LogP contribution is -2.43. The molecule has 5 heteroatoms. The van der Waals surface area contributed by atoms with Gasteiger partial charge in [-0.3, -0.25) is 4.90 Å². The molecule has 3 N–H and O–H groups in total. The summed E-state index contributed by atoms with van der Waals surface area (Å²) >= 11 is 0. The van der Waals surface area contributed by atoms with Crippen LogP contribution in [0.3, 0.4) is 0 Å². The number of likely N-dealkylation sites (tertiary alicyclic amines) is 1. The van der Waals surface area contributed by atoms with Gasteiger partial charge in [-0.15, -0.1) is 0 Å². The number of nitrogens with two attached hydrogens (primary N) is 1. The topological polar surface area (TPSA) is 68.0 Å². The van der Waals surface area contributed by atoms with E-state index in [-0.39, 0.29) is 0 Å². The molecule has 0 atom stereocenters. The largest absolute Gasteiger partial charge is 0.385 e. The van der Waals surface area contributed by atoms with Crippen LogP contribution in [0.4, 0.5) is 0 Å². The van der Waals surface area contributed by atoms with Gasteiger partial charge >= 0.3 is 0 Å². The third-order valence-corrected chi connectivity index (χ3v) is 4.74. The van der Waals surface area contributed by atoms with E-state index in [4.69, 9.17) is 15.2 Å². The highest BCUT2D eigenvalue weighted by Gasteiger charge is 2.36. The van der Waals surface area contributed by atoms with Gasteiger partial charge in [0.1, 0.15) is 0 Å². The molecule has 1 aromatic carbocycles. The molecule has 25 heavy (non-hydrogen) atoms. The molecule has 1 heterocycles. The summed E-state index contributed by atoms with van der Waals surface area (Å²) in [6.07, 6.45) is 4.74. The molecule has 1 aliphatic rings. The van der Waals surface area contributed by atoms with Gasteiger partial charge < -0.3 is 20.3 Å². The van der Waals surface area contributed by atoms with E-state index in [9.17, 15) is 5.11 Å². The average molecular weight is 346 g/mol. The smallest absolute Gasteiger partial charge is 0.183 e. The summed E-state index contributed by atoms with van der Waals surface area (Å²) in [5.74, 6) is 0. The molecule has 138 valence electrons. The number of benzene rings is 1. The predicted octanol–water partition coefficient (Wildman–Crippen LogP) is 2.33. The van der Waals surface area contributed by atoms with Gasteiger partial charge in [-0.1, -0.05) is 43.0 Å². The van der Waals surface area contributed by atoms with Gasteiger partial charge in [0, 0.05) is 46.0 Å². The Hall–Kier alpha value is -1.50. The van der Waals surface area contributed by atoms with Gasteiger partial charge in [-0.2, -0.15) is 0 Å². The zero-order chi connectivity index (χ0) is 18.3. The number of methoxy groups -OCH3 is 2. The molecule has 1 aliphatic heterocycles. The molecule has 0 aliphatic carbocycles. The lowest BCUT2D eigenvalue weighted by molar-refractivity contribution is -0.110. The third-order valence-electron chi connectivity index (χ3n) is 4.74. The predicted molar refractivity (Wildman–Crippen MR) is 100 cm³/mol. The zero-order valence-corrected chi connectivity index (χ0v) is 15.3. The molecule has 1 aromatic rings. The van der Waals surface area contributed by atoms with E-state index < -0.39 is 11.9 Å². The number of ether oxygens (including phenoxy) is 2. The minimum absolute atomic E-state index is 0.473. The van der Waals surface area contributed by atoms with Crippen molar-refractivity contribution in [1.29, 1.82) is 0 Å². The second-order valence-electron chi connectivity index (χ2n) is 6.49. The molecular formula is C20H30N2O3. The van der Waals surface area contributed by atoms with Gasteiger partial charge in [0.15, 0.2) is 6.29 Å². The van der Waals surface area contributed by atoms with Crippen molar-refractivity contribution >= 4 is 0 Å². The lowest BCUT2D eigenvalue weighted by Gasteiger charge is -2.40. The van der Waals surface area contributed by atoms with Crippen LogP contribution in [-0.2, 0) is 15.1 Å². The maximum absolute atomic E-state index is 11.3. The Kier molecular flexibility index (Phi) is 7.35. The molecule has 1 saturated heterocycles. The van der Waals surface area contributed by atoms with Crippen LogP contribution in [0.5, 0.6) is 0 Å². The zero-order valence-electron chi connectivity index (χ0n) is 15.3. The summed E-state index contributed by atoms with van der Waals surface area (Å²) in [7, 11) is 3.22. The van der Waals surface area contributed by atoms with E-state index in [1.807, 2.05) is 36.4 Å². The maximum atomic E-state index is 11.3. The van der Waals surface area contributed by atoms with Gasteiger partial charge in [-0.25, -0.2) is 0 Å². The Bertz CT molecular complexity index is 588. The highest BCUT2D eigenvalue weighted by Crippen LogP contribution is 2.37. The van der Waals surface area contributed by atoms with E-state index in [2.05, 4.69) is 11.5 Å². The van der Waals surface area contributed by atoms with E-state index >= 15 is 0 Å². The number of aliphatic hydroxyl groups is 1. The van der Waals surface area contributed by atoms with E-state index in [0.717, 1.165) is 36.3 Å². The molecule has 5 nitrogen and oxygen atoms in total. The Balaban J connectivity index is 2.08. The van der Waals surface area contributed by atoms with Gasteiger partial charge in [-0.05, 0) is 24.0 Å². The molecule has 0 aromatic heterocycles. The molecule has 0 bridgehead atoms. The fourth-order valence-corrected chi connectivity index (χ4v) is 3.40. The highest BCUT2D eigenvalue weighted by atomic mass is 16.7. The van der Waals surface area contributed by atoms with Gasteiger partial charge in [0.05, 0.1) is 5.60 Å². The fourth-order valence-electron chi connectivity index (χ4n) is 3.40. The van der Waals surface area contributed by atoms with Crippen LogP contribution in [-0.4, -0.2) is 50.4 Å². The summed E-state index contributed by atoms with van der Waals surface area (Å²) in [4.78, 5) is 2.31. The first-order valence-corrected chi connectivity index (χ1v) is 8.68. The normalized spacial score (nSPS) is 18.1. The van der Waals surface area contributed by atoms with Crippen molar-refractivity contribution in [3.05, 3.63) is 59.7 Å². The molecule has 0 spiro atoms. The maximum Gasteiger partial charge on any atom is 0.183 e. The molecule has 0 radical (unpaired) electrons. The monoisotopic (exact) mass is 346 g/mol. The third kappa shape index (κ3) is 5.00. The first kappa shape index (κ1) is 19.8. The number of piperidine rings is 1. The summed E-state index contributed by atoms with van der Waals surface area (Å²) in [5.41, 5.74) is 7.43. The van der Waals surface area contributed by atoms with E-state index in [0.29, 0.717) is 19.4 Å². The molecule has 1 fully saturated rings. The second-order valence-corrected chi connectivity index (χ2v) is 6.49. The van der Waals surface area contributed by atoms with Crippen LogP contribution in [0.15, 0.2) is 48.6 Å². The second kappa shape index (κ2) is 9.27. The first-order chi connectivity index (χ1) is 12.0. The summed E-state index contributed by atoms with van der Waals surface area (Å²) in [6, 6.07) is 7.82. The highest BCUT2D eigenvalue weighted by molar-refractivity contribution is 5.34. The van der Waals surface area contributed by atoms with Gasteiger partial charge in [0.2, 0.25) is 0 Å². The first-order valence-electron chi connectivity index (χ1n) is 8.68. The van der Waals surface area contributed by atoms with Crippen LogP contribution < -0.4 is 5.73 Å². The van der Waals surface area contributed by atoms with E-state index in [1.165, 1.54) is 0 Å². The van der Waals surface area contributed by atoms with Crippen molar-refractivity contribution in [1.82, 2.24) is 4.90 Å². The van der Waals surface area contributed by atoms with Crippen LogP contribution >= 0.6 is 0 Å². The quantitative estimate of drug-likeness (QED) is 0.559. The summed E-state index contributed by atoms with van der Waals surface area (Å²) < 4.78 is 10.8. The molecule has 0 unspecified atom stereocenters. The Morgan fingerprint density at radius 1 is 1.32 bits per heavy atom. The number of hydrogen-bond donors (Lipinski definition) is 2. The van der Waals surface area contributed by atoms with Crippen LogP contribution in [0.25, 0.3) is 0 Å². The van der Waals surface area contributed by atoms with Crippen LogP contribution in [0.1, 0.15) is 30.3 Å². The van der Waals surface area contributed by atoms with Crippen molar-refractivity contribution < 1.29 is 14.6 Å². The standard InChI is InChI=1S/C20H30N2O3/c1-16(7-6-12-21)15-22-13-10-20(23,11-14-22)18-9-5-4-8-17(18)19(24-2)25-3/h4-9,19,23H,1,10-15,21H2,2-3H3/b7-6-. The SMILES string of the molecule is C=C(/C=C\CN)CN1CCC(O)(c2ccccc2C(OC)OC)CC1. The minimum atomic E-state index is -0.864. The number of rotatable bonds is 8. The van der Waals surface area contributed by atoms with Crippen molar-refractivity contribution in [2.75, 3.05) is 40.4 Å². The lowest BCUT2D eigenvalue weighted by atomic mass is 9.81. The van der Waals surface area contributed by atoms with Crippen molar-refractivity contribution in [2.24, 2.45) is 5.73 Å². The number of hydrogen-bond acceptors (Lipinski definition) is 5. The molecular weight excluding hydrogens is 316 g/mol. The molecule has 0 saturated carbocycles. The average Bonchev–Trinajstić information content (AvgIpc) is 2.63. The van der Waals surface area contributed by atoms with Crippen LogP contribution in [0, 0.1) is 0 Å². The Labute approximate surface area is 150 Å². The Morgan fingerprint density at radius 3 is 2.56 bits per heavy atom. The summed E-state index contributed by atoms with van der Waals surface area (Å²) in [5, 5.41) is 11.3. The van der Waals surface area contributed by atoms with Gasteiger partial charge in [0.25, 0.3) is 0 Å². The van der Waals surface area contributed by atoms with Crippen LogP contribution in [0.2, 0.25) is 0 Å². The minimum Gasteiger partial charge on any atom is -0.385 e. The fraction of sp³-hybridized carbons (Fsp3) is 0.500. The van der Waals surface area contributed by atoms with Crippen molar-refractivity contribution in [2.45, 2.75) is 24.7 Å². The summed E-state index contributed by atoms with van der Waals surface area (Å²) in [6.45, 7) is 7.00. The molecule has 2 rings (SSSR count). The van der Waals surface area contributed by atoms with Crippen molar-refractivity contribution in [3.8, 4) is 0 Å². The number of nitrogens with zero attached hydrogens (tertiary/aromatic N) is 1. The van der Waals surface area contributed by atoms with Crippen molar-refractivity contribution in [3.63, 3.8) is 0 Å². The van der Waals surface area contributed by atoms with E-state index in [1.54, 1.807) is 14.2 Å².